The second-order valence-corrected chi connectivity index (χ2v) is 12.7. The van der Waals surface area contributed by atoms with Gasteiger partial charge < -0.3 is 9.53 Å². The number of rotatable bonds is 6. The minimum absolute atomic E-state index is 0.0805. The summed E-state index contributed by atoms with van der Waals surface area (Å²) in [7, 11) is -2.70. The van der Waals surface area contributed by atoms with Crippen LogP contribution in [0, 0.1) is 0 Å². The Hall–Kier alpha value is -2.78. The molecule has 0 fully saturated rings. The van der Waals surface area contributed by atoms with Crippen molar-refractivity contribution >= 4 is 18.7 Å². The van der Waals surface area contributed by atoms with Gasteiger partial charge in [-0.3, -0.25) is 0 Å². The zero-order valence-electron chi connectivity index (χ0n) is 17.7. The lowest BCUT2D eigenvalue weighted by Gasteiger charge is -2.43. The summed E-state index contributed by atoms with van der Waals surface area (Å²) < 4.78 is 6.94. The van der Waals surface area contributed by atoms with Gasteiger partial charge in [-0.25, -0.2) is 0 Å². The topological polar surface area (TPSA) is 29.5 Å². The van der Waals surface area contributed by atoms with E-state index in [1.54, 1.807) is 6.07 Å². The number of allylic oxidation sites excluding steroid dienone is 1. The molecule has 0 radical (unpaired) electrons. The monoisotopic (exact) mass is 402 g/mol. The van der Waals surface area contributed by atoms with E-state index < -0.39 is 8.32 Å². The first-order chi connectivity index (χ1) is 13.8. The van der Waals surface area contributed by atoms with Crippen molar-refractivity contribution < 1.29 is 9.53 Å². The Kier molecular flexibility index (Phi) is 5.99. The largest absolute Gasteiger partial charge is 0.534 e. The molecule has 0 aliphatic rings. The molecule has 0 saturated heterocycles. The molecule has 2 nitrogen and oxygen atoms in total. The van der Waals surface area contributed by atoms with Crippen molar-refractivity contribution in [1.29, 1.82) is 0 Å². The predicted octanol–water partition coefficient (Wildman–Crippen LogP) is 5.62. The minimum atomic E-state index is -2.70. The Morgan fingerprint density at radius 2 is 1.41 bits per heavy atom. The second kappa shape index (κ2) is 8.30. The Labute approximate surface area is 175 Å². The van der Waals surface area contributed by atoms with E-state index in [2.05, 4.69) is 75.9 Å². The summed E-state index contributed by atoms with van der Waals surface area (Å²) in [5.41, 5.74) is 0.856. The molecule has 0 bridgehead atoms. The van der Waals surface area contributed by atoms with Crippen LogP contribution in [-0.2, 0) is 0 Å². The van der Waals surface area contributed by atoms with Crippen LogP contribution in [0.1, 0.15) is 39.2 Å². The van der Waals surface area contributed by atoms with Gasteiger partial charge in [-0.15, -0.1) is 6.58 Å². The maximum Gasteiger partial charge on any atom is 0.319 e. The van der Waals surface area contributed by atoms with Gasteiger partial charge >= 0.3 is 8.32 Å². The zero-order chi connectivity index (χ0) is 21.1. The third kappa shape index (κ3) is 4.01. The van der Waals surface area contributed by atoms with Crippen LogP contribution in [-0.4, -0.2) is 13.4 Å². The summed E-state index contributed by atoms with van der Waals surface area (Å²) in [5.74, 6) is 1.02. The van der Waals surface area contributed by atoms with E-state index in [1.807, 2.05) is 37.3 Å². The molecule has 0 saturated carbocycles. The van der Waals surface area contributed by atoms with Gasteiger partial charge in [-0.05, 0) is 21.5 Å². The minimum Gasteiger partial charge on any atom is -0.534 e. The molecule has 0 heterocycles. The molecule has 150 valence electrons. The maximum absolute atomic E-state index is 10.6. The van der Waals surface area contributed by atoms with E-state index in [4.69, 9.17) is 4.43 Å². The number of benzene rings is 3. The fourth-order valence-corrected chi connectivity index (χ4v) is 8.34. The van der Waals surface area contributed by atoms with Crippen LogP contribution in [0.2, 0.25) is 5.04 Å². The molecule has 0 aromatic heterocycles. The summed E-state index contributed by atoms with van der Waals surface area (Å²) in [6.07, 6.45) is 1.83. The van der Waals surface area contributed by atoms with Crippen LogP contribution in [0.4, 0.5) is 0 Å². The molecular weight excluding hydrogens is 372 g/mol. The molecule has 3 rings (SSSR count). The van der Waals surface area contributed by atoms with Crippen LogP contribution in [0.15, 0.2) is 91.5 Å². The van der Waals surface area contributed by atoms with E-state index >= 15 is 0 Å². The Bertz CT molecular complexity index is 920. The molecular formula is C26H30O2Si. The van der Waals surface area contributed by atoms with Gasteiger partial charge in [-0.1, -0.05) is 101 Å². The molecule has 1 N–H and O–H groups in total. The van der Waals surface area contributed by atoms with Crippen molar-refractivity contribution in [1.82, 2.24) is 0 Å². The SMILES string of the molecule is C=CC(C)c1ccc(O[Si](c2ccccc2)(c2ccccc2)C(C)(C)C)cc1O. The van der Waals surface area contributed by atoms with Crippen molar-refractivity contribution in [2.75, 3.05) is 0 Å². The van der Waals surface area contributed by atoms with Gasteiger partial charge in [0.25, 0.3) is 0 Å². The first-order valence-electron chi connectivity index (χ1n) is 10.0. The molecule has 1 unspecified atom stereocenters. The molecule has 1 atom stereocenters. The average Bonchev–Trinajstić information content (AvgIpc) is 2.72. The van der Waals surface area contributed by atoms with Crippen molar-refractivity contribution in [2.45, 2.75) is 38.7 Å². The molecule has 3 aromatic carbocycles. The lowest BCUT2D eigenvalue weighted by molar-refractivity contribution is 0.457. The summed E-state index contributed by atoms with van der Waals surface area (Å²) in [4.78, 5) is 0. The first kappa shape index (κ1) is 20.9. The van der Waals surface area contributed by atoms with E-state index in [-0.39, 0.29) is 16.7 Å². The summed E-state index contributed by atoms with van der Waals surface area (Å²) in [6.45, 7) is 12.6. The van der Waals surface area contributed by atoms with E-state index in [1.165, 1.54) is 10.4 Å². The van der Waals surface area contributed by atoms with Gasteiger partial charge in [0.15, 0.2) is 0 Å². The molecule has 3 aromatic rings. The van der Waals surface area contributed by atoms with E-state index in [0.717, 1.165) is 5.56 Å². The zero-order valence-corrected chi connectivity index (χ0v) is 18.7. The lowest BCUT2D eigenvalue weighted by Crippen LogP contribution is -2.68. The third-order valence-corrected chi connectivity index (χ3v) is 10.5. The molecule has 3 heteroatoms. The summed E-state index contributed by atoms with van der Waals surface area (Å²) in [5, 5.41) is 12.9. The summed E-state index contributed by atoms with van der Waals surface area (Å²) in [6, 6.07) is 26.7. The normalized spacial score (nSPS) is 13.0. The standard InChI is InChI=1S/C26H30O2Si/c1-6-20(2)24-18-17-21(19-25(24)27)28-29(26(3,4)5,22-13-9-7-10-14-22)23-15-11-8-12-16-23/h6-20,27H,1H2,2-5H3. The first-order valence-corrected chi connectivity index (χ1v) is 12.0. The quantitative estimate of drug-likeness (QED) is 0.428. The van der Waals surface area contributed by atoms with Gasteiger partial charge in [0.2, 0.25) is 0 Å². The van der Waals surface area contributed by atoms with E-state index in [0.29, 0.717) is 5.75 Å². The van der Waals surface area contributed by atoms with Crippen LogP contribution in [0.5, 0.6) is 11.5 Å². The van der Waals surface area contributed by atoms with Gasteiger partial charge in [-0.2, -0.15) is 0 Å². The van der Waals surface area contributed by atoms with Gasteiger partial charge in [0.1, 0.15) is 11.5 Å². The Balaban J connectivity index is 2.19. The fraction of sp³-hybridized carbons (Fsp3) is 0.231. The predicted molar refractivity (Wildman–Crippen MR) is 125 cm³/mol. The highest BCUT2D eigenvalue weighted by Crippen LogP contribution is 2.39. The fourth-order valence-electron chi connectivity index (χ4n) is 3.93. The van der Waals surface area contributed by atoms with Crippen LogP contribution in [0.25, 0.3) is 0 Å². The lowest BCUT2D eigenvalue weighted by atomic mass is 10.0. The van der Waals surface area contributed by atoms with Gasteiger partial charge in [0.05, 0.1) is 0 Å². The second-order valence-electron chi connectivity index (χ2n) is 8.51. The van der Waals surface area contributed by atoms with Gasteiger partial charge in [0, 0.05) is 17.5 Å². The van der Waals surface area contributed by atoms with Crippen molar-refractivity contribution in [3.8, 4) is 11.5 Å². The molecule has 0 aliphatic heterocycles. The van der Waals surface area contributed by atoms with Crippen LogP contribution in [0.3, 0.4) is 0 Å². The highest BCUT2D eigenvalue weighted by Gasteiger charge is 2.52. The summed E-state index contributed by atoms with van der Waals surface area (Å²) >= 11 is 0. The van der Waals surface area contributed by atoms with Crippen molar-refractivity contribution in [3.05, 3.63) is 97.1 Å². The molecule has 0 aliphatic carbocycles. The third-order valence-electron chi connectivity index (χ3n) is 5.53. The molecule has 0 spiro atoms. The number of hydrogen-bond donors (Lipinski definition) is 1. The molecule has 0 amide bonds. The maximum atomic E-state index is 10.6. The highest BCUT2D eigenvalue weighted by atomic mass is 28.4. The van der Waals surface area contributed by atoms with Crippen LogP contribution >= 0.6 is 0 Å². The van der Waals surface area contributed by atoms with Crippen LogP contribution < -0.4 is 14.8 Å². The number of hydrogen-bond acceptors (Lipinski definition) is 2. The number of phenols is 1. The van der Waals surface area contributed by atoms with Crippen molar-refractivity contribution in [2.24, 2.45) is 0 Å². The molecule has 29 heavy (non-hydrogen) atoms. The smallest absolute Gasteiger partial charge is 0.319 e. The van der Waals surface area contributed by atoms with E-state index in [9.17, 15) is 5.11 Å². The Morgan fingerprint density at radius 1 is 0.897 bits per heavy atom. The number of aromatic hydroxyl groups is 1. The number of phenolic OH excluding ortho intramolecular Hbond substituents is 1. The highest BCUT2D eigenvalue weighted by molar-refractivity contribution is 7.00. The van der Waals surface area contributed by atoms with Crippen molar-refractivity contribution in [3.63, 3.8) is 0 Å². The average molecular weight is 403 g/mol. The Morgan fingerprint density at radius 3 is 1.83 bits per heavy atom.